The van der Waals surface area contributed by atoms with E-state index in [2.05, 4.69) is 17.1 Å². The SMILES string of the molecule is CCCNC(C)(CCN1CCC2CCCCC2C1)C(N)=O. The first-order valence-electron chi connectivity index (χ1n) is 8.82. The molecule has 0 aromatic carbocycles. The predicted octanol–water partition coefficient (Wildman–Crippen LogP) is 2.13. The second-order valence-corrected chi connectivity index (χ2v) is 7.27. The lowest BCUT2D eigenvalue weighted by Gasteiger charge is -2.42. The fourth-order valence-corrected chi connectivity index (χ4v) is 3.96. The van der Waals surface area contributed by atoms with E-state index in [0.29, 0.717) is 0 Å². The van der Waals surface area contributed by atoms with E-state index in [1.54, 1.807) is 0 Å². The molecule has 0 aromatic heterocycles. The van der Waals surface area contributed by atoms with Gasteiger partial charge in [0, 0.05) is 13.1 Å². The van der Waals surface area contributed by atoms with Crippen molar-refractivity contribution < 1.29 is 4.79 Å². The number of carbonyl (C=O) groups excluding carboxylic acids is 1. The van der Waals surface area contributed by atoms with Crippen LogP contribution in [0.3, 0.4) is 0 Å². The number of nitrogens with two attached hydrogens (primary N) is 1. The number of primary amides is 1. The van der Waals surface area contributed by atoms with Gasteiger partial charge in [-0.2, -0.15) is 0 Å². The van der Waals surface area contributed by atoms with Crippen molar-refractivity contribution in [3.63, 3.8) is 0 Å². The fourth-order valence-electron chi connectivity index (χ4n) is 3.96. The van der Waals surface area contributed by atoms with Crippen molar-refractivity contribution >= 4 is 5.91 Å². The number of amides is 1. The predicted molar refractivity (Wildman–Crippen MR) is 87.0 cm³/mol. The normalized spacial score (nSPS) is 29.6. The van der Waals surface area contributed by atoms with Gasteiger partial charge in [0.2, 0.25) is 5.91 Å². The van der Waals surface area contributed by atoms with Crippen LogP contribution >= 0.6 is 0 Å². The Bertz CT molecular complexity index is 347. The summed E-state index contributed by atoms with van der Waals surface area (Å²) in [7, 11) is 0. The third-order valence-corrected chi connectivity index (χ3v) is 5.61. The summed E-state index contributed by atoms with van der Waals surface area (Å²) >= 11 is 0. The molecule has 3 N–H and O–H groups in total. The summed E-state index contributed by atoms with van der Waals surface area (Å²) in [6.45, 7) is 8.33. The summed E-state index contributed by atoms with van der Waals surface area (Å²) in [5, 5.41) is 3.34. The third-order valence-electron chi connectivity index (χ3n) is 5.61. The molecule has 4 heteroatoms. The van der Waals surface area contributed by atoms with Crippen molar-refractivity contribution in [3.05, 3.63) is 0 Å². The van der Waals surface area contributed by atoms with Crippen LogP contribution in [-0.4, -0.2) is 42.5 Å². The number of hydrogen-bond acceptors (Lipinski definition) is 3. The Kier molecular flexibility index (Phi) is 6.06. The van der Waals surface area contributed by atoms with Crippen molar-refractivity contribution in [2.45, 2.75) is 64.3 Å². The number of piperidine rings is 1. The highest BCUT2D eigenvalue weighted by atomic mass is 16.1. The number of likely N-dealkylation sites (tertiary alicyclic amines) is 1. The van der Waals surface area contributed by atoms with E-state index >= 15 is 0 Å². The Morgan fingerprint density at radius 3 is 2.67 bits per heavy atom. The summed E-state index contributed by atoms with van der Waals surface area (Å²) in [6.07, 6.45) is 8.88. The molecule has 1 aliphatic carbocycles. The second-order valence-electron chi connectivity index (χ2n) is 7.27. The molecule has 1 saturated heterocycles. The van der Waals surface area contributed by atoms with E-state index in [4.69, 9.17) is 5.73 Å². The number of carbonyl (C=O) groups is 1. The van der Waals surface area contributed by atoms with Crippen molar-refractivity contribution in [3.8, 4) is 0 Å². The zero-order chi connectivity index (χ0) is 15.3. The van der Waals surface area contributed by atoms with Crippen LogP contribution in [0.2, 0.25) is 0 Å². The summed E-state index contributed by atoms with van der Waals surface area (Å²) in [5.41, 5.74) is 5.06. The lowest BCUT2D eigenvalue weighted by Crippen LogP contribution is -2.55. The smallest absolute Gasteiger partial charge is 0.237 e. The van der Waals surface area contributed by atoms with Crippen LogP contribution in [0.4, 0.5) is 0 Å². The molecule has 122 valence electrons. The van der Waals surface area contributed by atoms with Gasteiger partial charge in [-0.1, -0.05) is 26.2 Å². The van der Waals surface area contributed by atoms with Crippen LogP contribution in [0.25, 0.3) is 0 Å². The lowest BCUT2D eigenvalue weighted by molar-refractivity contribution is -0.124. The zero-order valence-corrected chi connectivity index (χ0v) is 13.9. The maximum absolute atomic E-state index is 11.8. The molecule has 0 aromatic rings. The minimum absolute atomic E-state index is 0.219. The van der Waals surface area contributed by atoms with E-state index < -0.39 is 5.54 Å². The van der Waals surface area contributed by atoms with Crippen LogP contribution in [0.1, 0.15) is 58.8 Å². The Labute approximate surface area is 129 Å². The van der Waals surface area contributed by atoms with E-state index in [-0.39, 0.29) is 5.91 Å². The van der Waals surface area contributed by atoms with Gasteiger partial charge in [0.25, 0.3) is 0 Å². The van der Waals surface area contributed by atoms with Gasteiger partial charge >= 0.3 is 0 Å². The molecule has 2 rings (SSSR count). The first kappa shape index (κ1) is 16.8. The molecule has 1 heterocycles. The minimum atomic E-state index is -0.556. The van der Waals surface area contributed by atoms with Crippen LogP contribution in [0.15, 0.2) is 0 Å². The zero-order valence-electron chi connectivity index (χ0n) is 13.9. The molecule has 0 bridgehead atoms. The maximum Gasteiger partial charge on any atom is 0.237 e. The van der Waals surface area contributed by atoms with Gasteiger partial charge in [0.15, 0.2) is 0 Å². The molecule has 1 aliphatic heterocycles. The molecular weight excluding hydrogens is 262 g/mol. The van der Waals surface area contributed by atoms with Crippen molar-refractivity contribution in [2.75, 3.05) is 26.2 Å². The van der Waals surface area contributed by atoms with Gasteiger partial charge < -0.3 is 16.0 Å². The number of nitrogens with zero attached hydrogens (tertiary/aromatic N) is 1. The summed E-state index contributed by atoms with van der Waals surface area (Å²) in [4.78, 5) is 14.3. The average molecular weight is 295 g/mol. The standard InChI is InChI=1S/C17H33N3O/c1-3-10-19-17(2,16(18)21)9-12-20-11-8-14-6-4-5-7-15(14)13-20/h14-15,19H,3-13H2,1-2H3,(H2,18,21). The molecule has 0 spiro atoms. The van der Waals surface area contributed by atoms with Crippen molar-refractivity contribution in [1.29, 1.82) is 0 Å². The minimum Gasteiger partial charge on any atom is -0.368 e. The summed E-state index contributed by atoms with van der Waals surface area (Å²) < 4.78 is 0. The molecular formula is C17H33N3O. The maximum atomic E-state index is 11.8. The van der Waals surface area contributed by atoms with Gasteiger partial charge in [-0.3, -0.25) is 4.79 Å². The lowest BCUT2D eigenvalue weighted by atomic mass is 9.75. The highest BCUT2D eigenvalue weighted by molar-refractivity contribution is 5.84. The van der Waals surface area contributed by atoms with Crippen LogP contribution in [0, 0.1) is 11.8 Å². The van der Waals surface area contributed by atoms with Gasteiger partial charge in [-0.25, -0.2) is 0 Å². The van der Waals surface area contributed by atoms with E-state index in [1.165, 1.54) is 45.2 Å². The molecule has 0 radical (unpaired) electrons. The summed E-state index contributed by atoms with van der Waals surface area (Å²) in [5.74, 6) is 1.65. The monoisotopic (exact) mass is 295 g/mol. The van der Waals surface area contributed by atoms with E-state index in [0.717, 1.165) is 37.8 Å². The van der Waals surface area contributed by atoms with Crippen molar-refractivity contribution in [2.24, 2.45) is 17.6 Å². The largest absolute Gasteiger partial charge is 0.368 e. The van der Waals surface area contributed by atoms with Crippen molar-refractivity contribution in [1.82, 2.24) is 10.2 Å². The average Bonchev–Trinajstić information content (AvgIpc) is 2.50. The molecule has 2 fully saturated rings. The Hall–Kier alpha value is -0.610. The number of fused-ring (bicyclic) bond motifs is 1. The second kappa shape index (κ2) is 7.59. The molecule has 3 atom stereocenters. The van der Waals surface area contributed by atoms with Gasteiger partial charge in [-0.15, -0.1) is 0 Å². The Morgan fingerprint density at radius 1 is 1.29 bits per heavy atom. The number of nitrogens with one attached hydrogen (secondary N) is 1. The Morgan fingerprint density at radius 2 is 2.00 bits per heavy atom. The van der Waals surface area contributed by atoms with Gasteiger partial charge in [0.05, 0.1) is 5.54 Å². The first-order chi connectivity index (χ1) is 10.0. The highest BCUT2D eigenvalue weighted by Gasteiger charge is 2.34. The third kappa shape index (κ3) is 4.43. The number of hydrogen-bond donors (Lipinski definition) is 2. The van der Waals surface area contributed by atoms with E-state index in [1.807, 2.05) is 6.92 Å². The summed E-state index contributed by atoms with van der Waals surface area (Å²) in [6, 6.07) is 0. The van der Waals surface area contributed by atoms with Gasteiger partial charge in [0.1, 0.15) is 0 Å². The Balaban J connectivity index is 1.82. The first-order valence-corrected chi connectivity index (χ1v) is 8.82. The fraction of sp³-hybridized carbons (Fsp3) is 0.941. The quantitative estimate of drug-likeness (QED) is 0.756. The number of rotatable bonds is 7. The van der Waals surface area contributed by atoms with Crippen LogP contribution in [0.5, 0.6) is 0 Å². The molecule has 4 nitrogen and oxygen atoms in total. The van der Waals surface area contributed by atoms with Crippen LogP contribution in [-0.2, 0) is 4.79 Å². The molecule has 1 saturated carbocycles. The molecule has 3 unspecified atom stereocenters. The molecule has 21 heavy (non-hydrogen) atoms. The highest BCUT2D eigenvalue weighted by Crippen LogP contribution is 2.36. The van der Waals surface area contributed by atoms with Gasteiger partial charge in [-0.05, 0) is 57.5 Å². The van der Waals surface area contributed by atoms with E-state index in [9.17, 15) is 4.79 Å². The topological polar surface area (TPSA) is 58.4 Å². The van der Waals surface area contributed by atoms with Crippen LogP contribution < -0.4 is 11.1 Å². The molecule has 2 aliphatic rings. The molecule has 1 amide bonds.